The fourth-order valence-electron chi connectivity index (χ4n) is 2.54. The van der Waals surface area contributed by atoms with E-state index in [1.54, 1.807) is 0 Å². The molecule has 0 atom stereocenters. The standard InChI is InChI=1S/C14H20O/c15-14-10-8-13(9-11-14)12-6-4-2-1-3-5-7-12/h8-12,15H,1-7H2. The molecule has 1 saturated carbocycles. The molecule has 0 heterocycles. The Morgan fingerprint density at radius 2 is 1.33 bits per heavy atom. The molecule has 0 amide bonds. The number of hydrogen-bond donors (Lipinski definition) is 1. The summed E-state index contributed by atoms with van der Waals surface area (Å²) in [6.45, 7) is 0. The summed E-state index contributed by atoms with van der Waals surface area (Å²) in [5, 5.41) is 9.26. The highest BCUT2D eigenvalue weighted by molar-refractivity contribution is 5.28. The van der Waals surface area contributed by atoms with Crippen molar-refractivity contribution >= 4 is 0 Å². The zero-order valence-electron chi connectivity index (χ0n) is 9.28. The van der Waals surface area contributed by atoms with Gasteiger partial charge in [0, 0.05) is 0 Å². The van der Waals surface area contributed by atoms with Gasteiger partial charge in [-0.05, 0) is 36.5 Å². The SMILES string of the molecule is Oc1ccc(C2CCCCCCC2)cc1. The normalized spacial score (nSPS) is 19.5. The molecule has 1 aliphatic rings. The van der Waals surface area contributed by atoms with Crippen molar-refractivity contribution in [3.8, 4) is 5.75 Å². The first-order valence-electron chi connectivity index (χ1n) is 6.15. The second-order valence-corrected chi connectivity index (χ2v) is 4.63. The fourth-order valence-corrected chi connectivity index (χ4v) is 2.54. The van der Waals surface area contributed by atoms with Crippen molar-refractivity contribution in [1.29, 1.82) is 0 Å². The van der Waals surface area contributed by atoms with Gasteiger partial charge < -0.3 is 5.11 Å². The highest BCUT2D eigenvalue weighted by Gasteiger charge is 2.13. The average molecular weight is 204 g/mol. The lowest BCUT2D eigenvalue weighted by molar-refractivity contribution is 0.453. The van der Waals surface area contributed by atoms with E-state index in [0.29, 0.717) is 5.75 Å². The van der Waals surface area contributed by atoms with Gasteiger partial charge >= 0.3 is 0 Å². The van der Waals surface area contributed by atoms with Gasteiger partial charge in [-0.2, -0.15) is 0 Å². The van der Waals surface area contributed by atoms with Crippen molar-refractivity contribution in [1.82, 2.24) is 0 Å². The molecule has 0 spiro atoms. The van der Waals surface area contributed by atoms with Crippen LogP contribution in [0.5, 0.6) is 5.75 Å². The van der Waals surface area contributed by atoms with E-state index in [9.17, 15) is 5.11 Å². The summed E-state index contributed by atoms with van der Waals surface area (Å²) in [7, 11) is 0. The van der Waals surface area contributed by atoms with Crippen LogP contribution >= 0.6 is 0 Å². The number of phenolic OH excluding ortho intramolecular Hbond substituents is 1. The summed E-state index contributed by atoms with van der Waals surface area (Å²) >= 11 is 0. The highest BCUT2D eigenvalue weighted by atomic mass is 16.3. The van der Waals surface area contributed by atoms with Crippen LogP contribution in [0.15, 0.2) is 24.3 Å². The van der Waals surface area contributed by atoms with Gasteiger partial charge in [-0.3, -0.25) is 0 Å². The van der Waals surface area contributed by atoms with Crippen LogP contribution in [0.3, 0.4) is 0 Å². The van der Waals surface area contributed by atoms with Crippen LogP contribution in [0, 0.1) is 0 Å². The molecular formula is C14H20O. The monoisotopic (exact) mass is 204 g/mol. The van der Waals surface area contributed by atoms with Crippen LogP contribution in [0.1, 0.15) is 56.4 Å². The van der Waals surface area contributed by atoms with E-state index in [4.69, 9.17) is 0 Å². The van der Waals surface area contributed by atoms with Crippen LogP contribution in [0.4, 0.5) is 0 Å². The van der Waals surface area contributed by atoms with Gasteiger partial charge in [-0.25, -0.2) is 0 Å². The maximum atomic E-state index is 9.26. The third kappa shape index (κ3) is 2.98. The maximum absolute atomic E-state index is 9.26. The molecule has 0 bridgehead atoms. The van der Waals surface area contributed by atoms with E-state index < -0.39 is 0 Å². The van der Waals surface area contributed by atoms with Crippen molar-refractivity contribution in [2.75, 3.05) is 0 Å². The first-order valence-corrected chi connectivity index (χ1v) is 6.15. The van der Waals surface area contributed by atoms with Crippen LogP contribution in [0.2, 0.25) is 0 Å². The largest absolute Gasteiger partial charge is 0.508 e. The molecule has 2 rings (SSSR count). The average Bonchev–Trinajstić information content (AvgIpc) is 2.19. The smallest absolute Gasteiger partial charge is 0.115 e. The number of benzene rings is 1. The first-order chi connectivity index (χ1) is 7.36. The number of phenols is 1. The molecule has 82 valence electrons. The van der Waals surface area contributed by atoms with Crippen molar-refractivity contribution in [2.24, 2.45) is 0 Å². The molecule has 0 radical (unpaired) electrons. The van der Waals surface area contributed by atoms with E-state index in [2.05, 4.69) is 12.1 Å². The molecular weight excluding hydrogens is 184 g/mol. The van der Waals surface area contributed by atoms with E-state index in [1.165, 1.54) is 50.5 Å². The van der Waals surface area contributed by atoms with Crippen molar-refractivity contribution < 1.29 is 5.11 Å². The molecule has 15 heavy (non-hydrogen) atoms. The molecule has 0 aromatic heterocycles. The third-order valence-electron chi connectivity index (χ3n) is 3.47. The minimum absolute atomic E-state index is 0.379. The molecule has 1 heteroatoms. The Bertz CT molecular complexity index is 281. The number of rotatable bonds is 1. The fraction of sp³-hybridized carbons (Fsp3) is 0.571. The van der Waals surface area contributed by atoms with Gasteiger partial charge in [0.25, 0.3) is 0 Å². The molecule has 1 aromatic carbocycles. The Morgan fingerprint density at radius 3 is 1.93 bits per heavy atom. The summed E-state index contributed by atoms with van der Waals surface area (Å²) in [6, 6.07) is 7.80. The highest BCUT2D eigenvalue weighted by Crippen LogP contribution is 2.31. The minimum Gasteiger partial charge on any atom is -0.508 e. The zero-order valence-corrected chi connectivity index (χ0v) is 9.28. The second-order valence-electron chi connectivity index (χ2n) is 4.63. The molecule has 0 unspecified atom stereocenters. The lowest BCUT2D eigenvalue weighted by Gasteiger charge is -2.19. The van der Waals surface area contributed by atoms with Crippen LogP contribution < -0.4 is 0 Å². The van der Waals surface area contributed by atoms with Crippen molar-refractivity contribution in [3.63, 3.8) is 0 Å². The zero-order chi connectivity index (χ0) is 10.5. The minimum atomic E-state index is 0.379. The van der Waals surface area contributed by atoms with Crippen molar-refractivity contribution in [2.45, 2.75) is 50.9 Å². The predicted molar refractivity (Wildman–Crippen MR) is 63.2 cm³/mol. The number of hydrogen-bond acceptors (Lipinski definition) is 1. The molecule has 1 nitrogen and oxygen atoms in total. The van der Waals surface area contributed by atoms with Gasteiger partial charge in [0.2, 0.25) is 0 Å². The topological polar surface area (TPSA) is 20.2 Å². The van der Waals surface area contributed by atoms with E-state index >= 15 is 0 Å². The molecule has 1 aliphatic carbocycles. The summed E-state index contributed by atoms with van der Waals surface area (Å²) in [5.74, 6) is 1.11. The Balaban J connectivity index is 2.03. The van der Waals surface area contributed by atoms with Crippen LogP contribution in [-0.4, -0.2) is 5.11 Å². The molecule has 1 aromatic rings. The van der Waals surface area contributed by atoms with Crippen LogP contribution in [0.25, 0.3) is 0 Å². The maximum Gasteiger partial charge on any atom is 0.115 e. The summed E-state index contributed by atoms with van der Waals surface area (Å²) < 4.78 is 0. The van der Waals surface area contributed by atoms with Gasteiger partial charge in [0.05, 0.1) is 0 Å². The molecule has 0 aliphatic heterocycles. The third-order valence-corrected chi connectivity index (χ3v) is 3.47. The Kier molecular flexibility index (Phi) is 3.65. The predicted octanol–water partition coefficient (Wildman–Crippen LogP) is 4.22. The quantitative estimate of drug-likeness (QED) is 0.726. The van der Waals surface area contributed by atoms with E-state index in [-0.39, 0.29) is 0 Å². The van der Waals surface area contributed by atoms with Gasteiger partial charge in [0.15, 0.2) is 0 Å². The molecule has 1 fully saturated rings. The molecule has 0 saturated heterocycles. The number of aromatic hydroxyl groups is 1. The Hall–Kier alpha value is -0.980. The van der Waals surface area contributed by atoms with Gasteiger partial charge in [-0.1, -0.05) is 44.2 Å². The molecule has 1 N–H and O–H groups in total. The Morgan fingerprint density at radius 1 is 0.800 bits per heavy atom. The summed E-state index contributed by atoms with van der Waals surface area (Å²) in [4.78, 5) is 0. The second kappa shape index (κ2) is 5.20. The van der Waals surface area contributed by atoms with Gasteiger partial charge in [0.1, 0.15) is 5.75 Å². The van der Waals surface area contributed by atoms with E-state index in [0.717, 1.165) is 5.92 Å². The van der Waals surface area contributed by atoms with Gasteiger partial charge in [-0.15, -0.1) is 0 Å². The van der Waals surface area contributed by atoms with Crippen molar-refractivity contribution in [3.05, 3.63) is 29.8 Å². The van der Waals surface area contributed by atoms with Crippen LogP contribution in [-0.2, 0) is 0 Å². The Labute approximate surface area is 92.1 Å². The lowest BCUT2D eigenvalue weighted by Crippen LogP contribution is -2.01. The summed E-state index contributed by atoms with van der Waals surface area (Å²) in [5.41, 5.74) is 1.41. The first kappa shape index (κ1) is 10.5. The van der Waals surface area contributed by atoms with E-state index in [1.807, 2.05) is 12.1 Å². The summed E-state index contributed by atoms with van der Waals surface area (Å²) in [6.07, 6.45) is 9.60. The lowest BCUT2D eigenvalue weighted by atomic mass is 9.86.